The zero-order valence-electron chi connectivity index (χ0n) is 11.1. The molecule has 1 unspecified atom stereocenters. The Balaban J connectivity index is 1.85. The maximum absolute atomic E-state index is 9.06. The molecule has 0 aromatic heterocycles. The minimum Gasteiger partial charge on any atom is -0.494 e. The van der Waals surface area contributed by atoms with E-state index in [1.165, 1.54) is 18.4 Å². The van der Waals surface area contributed by atoms with Crippen LogP contribution in [0.15, 0.2) is 24.3 Å². The number of nitrogens with one attached hydrogen (secondary N) is 1. The molecule has 100 valence electrons. The lowest BCUT2D eigenvalue weighted by Gasteiger charge is -2.17. The van der Waals surface area contributed by atoms with Crippen LogP contribution in [0, 0.1) is 5.92 Å². The number of ether oxygens (including phenoxy) is 1. The lowest BCUT2D eigenvalue weighted by molar-refractivity contribution is 0.255. The predicted molar refractivity (Wildman–Crippen MR) is 72.7 cm³/mol. The normalized spacial score (nSPS) is 16.6. The summed E-state index contributed by atoms with van der Waals surface area (Å²) in [6, 6.07) is 8.67. The molecule has 0 aliphatic heterocycles. The van der Waals surface area contributed by atoms with Gasteiger partial charge in [0, 0.05) is 19.2 Å². The van der Waals surface area contributed by atoms with Crippen molar-refractivity contribution in [2.75, 3.05) is 13.2 Å². The van der Waals surface area contributed by atoms with Gasteiger partial charge in [-0.15, -0.1) is 0 Å². The topological polar surface area (TPSA) is 41.5 Å². The highest BCUT2D eigenvalue weighted by Crippen LogP contribution is 2.34. The smallest absolute Gasteiger partial charge is 0.119 e. The molecule has 1 saturated carbocycles. The number of benzene rings is 1. The molecule has 0 saturated heterocycles. The third-order valence-electron chi connectivity index (χ3n) is 3.41. The van der Waals surface area contributed by atoms with E-state index in [4.69, 9.17) is 9.84 Å². The summed E-state index contributed by atoms with van der Waals surface area (Å²) >= 11 is 0. The van der Waals surface area contributed by atoms with E-state index < -0.39 is 0 Å². The molecule has 3 heteroatoms. The summed E-state index contributed by atoms with van der Waals surface area (Å²) in [7, 11) is 0. The van der Waals surface area contributed by atoms with Gasteiger partial charge in [-0.3, -0.25) is 0 Å². The second-order valence-corrected chi connectivity index (χ2v) is 4.92. The highest BCUT2D eigenvalue weighted by atomic mass is 16.5. The van der Waals surface area contributed by atoms with Crippen molar-refractivity contribution >= 4 is 0 Å². The molecule has 2 rings (SSSR count). The van der Waals surface area contributed by atoms with Gasteiger partial charge in [0.15, 0.2) is 0 Å². The van der Waals surface area contributed by atoms with Gasteiger partial charge in [-0.05, 0) is 49.8 Å². The number of hydrogen-bond acceptors (Lipinski definition) is 3. The van der Waals surface area contributed by atoms with Gasteiger partial charge in [-0.25, -0.2) is 0 Å². The van der Waals surface area contributed by atoms with Crippen LogP contribution >= 0.6 is 0 Å². The van der Waals surface area contributed by atoms with Crippen molar-refractivity contribution in [2.45, 2.75) is 38.8 Å². The number of hydrogen-bond donors (Lipinski definition) is 2. The van der Waals surface area contributed by atoms with Gasteiger partial charge in [-0.2, -0.15) is 0 Å². The van der Waals surface area contributed by atoms with Crippen molar-refractivity contribution < 1.29 is 9.84 Å². The molecule has 3 nitrogen and oxygen atoms in total. The average molecular weight is 249 g/mol. The van der Waals surface area contributed by atoms with Gasteiger partial charge in [0.1, 0.15) is 5.75 Å². The van der Waals surface area contributed by atoms with Gasteiger partial charge in [0.05, 0.1) is 6.61 Å². The molecule has 1 aromatic carbocycles. The molecule has 0 heterocycles. The van der Waals surface area contributed by atoms with Crippen molar-refractivity contribution in [1.29, 1.82) is 0 Å². The monoisotopic (exact) mass is 249 g/mol. The van der Waals surface area contributed by atoms with E-state index in [1.54, 1.807) is 0 Å². The van der Waals surface area contributed by atoms with Gasteiger partial charge < -0.3 is 15.2 Å². The van der Waals surface area contributed by atoms with Gasteiger partial charge >= 0.3 is 0 Å². The van der Waals surface area contributed by atoms with Gasteiger partial charge in [0.25, 0.3) is 0 Å². The van der Waals surface area contributed by atoms with E-state index in [-0.39, 0.29) is 6.61 Å². The molecule has 1 fully saturated rings. The van der Waals surface area contributed by atoms with Crippen LogP contribution < -0.4 is 10.1 Å². The van der Waals surface area contributed by atoms with Crippen LogP contribution in [0.1, 0.15) is 31.7 Å². The van der Waals surface area contributed by atoms with E-state index in [0.29, 0.717) is 12.6 Å². The Labute approximate surface area is 109 Å². The summed E-state index contributed by atoms with van der Waals surface area (Å²) in [5.41, 5.74) is 1.24. The van der Waals surface area contributed by atoms with E-state index in [2.05, 4.69) is 17.4 Å². The molecule has 1 aromatic rings. The Bertz CT molecular complexity index is 363. The molecular formula is C15H23NO2. The highest BCUT2D eigenvalue weighted by molar-refractivity contribution is 5.28. The molecule has 2 N–H and O–H groups in total. The van der Waals surface area contributed by atoms with Crippen LogP contribution in [0.4, 0.5) is 0 Å². The molecular weight excluding hydrogens is 226 g/mol. The summed E-state index contributed by atoms with van der Waals surface area (Å²) in [6.07, 6.45) is 3.46. The minimum atomic E-state index is 0.271. The summed E-state index contributed by atoms with van der Waals surface area (Å²) in [5, 5.41) is 12.6. The fraction of sp³-hybridized carbons (Fsp3) is 0.600. The molecule has 0 bridgehead atoms. The zero-order valence-corrected chi connectivity index (χ0v) is 11.1. The quantitative estimate of drug-likeness (QED) is 0.743. The maximum atomic E-state index is 9.06. The number of rotatable bonds is 8. The first-order valence-corrected chi connectivity index (χ1v) is 6.89. The molecule has 0 amide bonds. The summed E-state index contributed by atoms with van der Waals surface area (Å²) in [4.78, 5) is 0. The van der Waals surface area contributed by atoms with E-state index in [0.717, 1.165) is 24.6 Å². The summed E-state index contributed by atoms with van der Waals surface area (Å²) in [5.74, 6) is 1.70. The van der Waals surface area contributed by atoms with Gasteiger partial charge in [0.2, 0.25) is 0 Å². The SMILES string of the molecule is CCOc1cccc(CNC(CCO)C2CC2)c1. The lowest BCUT2D eigenvalue weighted by Crippen LogP contribution is -2.31. The third kappa shape index (κ3) is 4.00. The Hall–Kier alpha value is -1.06. The van der Waals surface area contributed by atoms with Crippen molar-refractivity contribution in [3.05, 3.63) is 29.8 Å². The average Bonchev–Trinajstić information content (AvgIpc) is 3.20. The van der Waals surface area contributed by atoms with Crippen molar-refractivity contribution in [2.24, 2.45) is 5.92 Å². The maximum Gasteiger partial charge on any atom is 0.119 e. The summed E-state index contributed by atoms with van der Waals surface area (Å²) in [6.45, 7) is 3.82. The number of aliphatic hydroxyl groups excluding tert-OH is 1. The first-order valence-electron chi connectivity index (χ1n) is 6.89. The third-order valence-corrected chi connectivity index (χ3v) is 3.41. The van der Waals surface area contributed by atoms with Crippen molar-refractivity contribution in [3.8, 4) is 5.75 Å². The fourth-order valence-corrected chi connectivity index (χ4v) is 2.30. The second kappa shape index (κ2) is 6.76. The van der Waals surface area contributed by atoms with Crippen LogP contribution in [0.2, 0.25) is 0 Å². The standard InChI is InChI=1S/C15H23NO2/c1-2-18-14-5-3-4-12(10-14)11-16-15(8-9-17)13-6-7-13/h3-5,10,13,15-17H,2,6-9,11H2,1H3. The van der Waals surface area contributed by atoms with Crippen LogP contribution in [0.5, 0.6) is 5.75 Å². The van der Waals surface area contributed by atoms with Gasteiger partial charge in [-0.1, -0.05) is 12.1 Å². The second-order valence-electron chi connectivity index (χ2n) is 4.92. The van der Waals surface area contributed by atoms with E-state index >= 15 is 0 Å². The molecule has 18 heavy (non-hydrogen) atoms. The first kappa shape index (κ1) is 13.4. The largest absolute Gasteiger partial charge is 0.494 e. The Kier molecular flexibility index (Phi) is 5.02. The molecule has 1 aliphatic carbocycles. The predicted octanol–water partition coefficient (Wildman–Crippen LogP) is 2.34. The molecule has 0 radical (unpaired) electrons. The zero-order chi connectivity index (χ0) is 12.8. The van der Waals surface area contributed by atoms with Crippen LogP contribution in [0.3, 0.4) is 0 Å². The highest BCUT2D eigenvalue weighted by Gasteiger charge is 2.30. The van der Waals surface area contributed by atoms with Crippen molar-refractivity contribution in [3.63, 3.8) is 0 Å². The Morgan fingerprint density at radius 3 is 2.94 bits per heavy atom. The minimum absolute atomic E-state index is 0.271. The molecule has 1 aliphatic rings. The summed E-state index contributed by atoms with van der Waals surface area (Å²) < 4.78 is 5.49. The first-order chi connectivity index (χ1) is 8.83. The van der Waals surface area contributed by atoms with Crippen LogP contribution in [-0.4, -0.2) is 24.4 Å². The molecule has 1 atom stereocenters. The van der Waals surface area contributed by atoms with Crippen molar-refractivity contribution in [1.82, 2.24) is 5.32 Å². The fourth-order valence-electron chi connectivity index (χ4n) is 2.30. The number of aliphatic hydroxyl groups is 1. The Morgan fingerprint density at radius 1 is 1.44 bits per heavy atom. The Morgan fingerprint density at radius 2 is 2.28 bits per heavy atom. The molecule has 0 spiro atoms. The van der Waals surface area contributed by atoms with Crippen LogP contribution in [-0.2, 0) is 6.54 Å². The van der Waals surface area contributed by atoms with E-state index in [9.17, 15) is 0 Å². The van der Waals surface area contributed by atoms with E-state index in [1.807, 2.05) is 19.1 Å². The van der Waals surface area contributed by atoms with Crippen LogP contribution in [0.25, 0.3) is 0 Å². The lowest BCUT2D eigenvalue weighted by atomic mass is 10.1.